The van der Waals surface area contributed by atoms with Crippen molar-refractivity contribution in [3.05, 3.63) is 11.6 Å². The lowest BCUT2D eigenvalue weighted by Gasteiger charge is -2.60. The fourth-order valence-electron chi connectivity index (χ4n) is 8.16. The molecule has 4 aliphatic rings. The van der Waals surface area contributed by atoms with Crippen molar-refractivity contribution >= 4 is 22.4 Å². The van der Waals surface area contributed by atoms with Gasteiger partial charge in [0.15, 0.2) is 22.4 Å². The third kappa shape index (κ3) is 4.52. The van der Waals surface area contributed by atoms with Crippen LogP contribution in [0.15, 0.2) is 11.6 Å². The van der Waals surface area contributed by atoms with Crippen molar-refractivity contribution < 1.29 is 18.8 Å². The van der Waals surface area contributed by atoms with Gasteiger partial charge < -0.3 is 14.0 Å². The molecule has 33 heavy (non-hydrogen) atoms. The summed E-state index contributed by atoms with van der Waals surface area (Å²) in [7, 11) is -3.58. The summed E-state index contributed by atoms with van der Waals surface area (Å²) >= 11 is 0. The number of fused-ring (bicyclic) bond motifs is 5. The first-order valence-electron chi connectivity index (χ1n) is 13.4. The van der Waals surface area contributed by atoms with Crippen LogP contribution in [-0.4, -0.2) is 45.8 Å². The summed E-state index contributed by atoms with van der Waals surface area (Å²) in [6.45, 7) is 18.6. The molecule has 0 aromatic rings. The van der Waals surface area contributed by atoms with Gasteiger partial charge in [0.1, 0.15) is 0 Å². The van der Waals surface area contributed by atoms with Gasteiger partial charge in [-0.1, -0.05) is 19.4 Å². The van der Waals surface area contributed by atoms with Gasteiger partial charge in [0.05, 0.1) is 18.3 Å². The molecule has 0 aromatic heterocycles. The standard InChI is InChI=1S/C27H48O4Si2/c1-25-14-11-20(28)17-19(25)9-10-21-22(25)12-15-26(2)23(21)13-16-27(26,29)24(31-33(6,7)8)18-30-32(3,4)5/h17,21-24,29H,9-16,18H2,1-8H3/t21?,22?,23?,24-,25+,26+,27+/m1/s1. The van der Waals surface area contributed by atoms with Crippen LogP contribution in [0.25, 0.3) is 0 Å². The number of ketones is 1. The summed E-state index contributed by atoms with van der Waals surface area (Å²) in [5.74, 6) is 2.13. The highest BCUT2D eigenvalue weighted by Gasteiger charge is 2.66. The third-order valence-corrected chi connectivity index (χ3v) is 11.9. The van der Waals surface area contributed by atoms with Gasteiger partial charge in [0.25, 0.3) is 0 Å². The van der Waals surface area contributed by atoms with E-state index in [1.54, 1.807) is 0 Å². The highest BCUT2D eigenvalue weighted by molar-refractivity contribution is 6.70. The molecule has 188 valence electrons. The van der Waals surface area contributed by atoms with Gasteiger partial charge in [-0.2, -0.15) is 0 Å². The van der Waals surface area contributed by atoms with Gasteiger partial charge in [-0.25, -0.2) is 0 Å². The van der Waals surface area contributed by atoms with Crippen LogP contribution in [0, 0.1) is 28.6 Å². The van der Waals surface area contributed by atoms with E-state index in [4.69, 9.17) is 8.85 Å². The van der Waals surface area contributed by atoms with Crippen LogP contribution >= 0.6 is 0 Å². The molecule has 6 heteroatoms. The molecule has 3 unspecified atom stereocenters. The zero-order valence-electron chi connectivity index (χ0n) is 22.4. The Morgan fingerprint density at radius 2 is 1.64 bits per heavy atom. The molecule has 0 aliphatic heterocycles. The predicted octanol–water partition coefficient (Wildman–Crippen LogP) is 6.32. The zero-order valence-corrected chi connectivity index (χ0v) is 24.4. The van der Waals surface area contributed by atoms with E-state index in [9.17, 15) is 9.90 Å². The quantitative estimate of drug-likeness (QED) is 0.441. The second-order valence-corrected chi connectivity index (χ2v) is 23.0. The molecule has 1 N–H and O–H groups in total. The monoisotopic (exact) mass is 492 g/mol. The van der Waals surface area contributed by atoms with Gasteiger partial charge >= 0.3 is 0 Å². The van der Waals surface area contributed by atoms with E-state index in [0.29, 0.717) is 36.6 Å². The third-order valence-electron chi connectivity index (χ3n) is 9.87. The molecular formula is C27H48O4Si2. The smallest absolute Gasteiger partial charge is 0.184 e. The van der Waals surface area contributed by atoms with E-state index in [0.717, 1.165) is 38.5 Å². The predicted molar refractivity (Wildman–Crippen MR) is 139 cm³/mol. The lowest BCUT2D eigenvalue weighted by Crippen LogP contribution is -2.62. The van der Waals surface area contributed by atoms with Crippen LogP contribution < -0.4 is 0 Å². The molecule has 4 nitrogen and oxygen atoms in total. The molecule has 0 aromatic carbocycles. The first-order chi connectivity index (χ1) is 15.1. The van der Waals surface area contributed by atoms with E-state index in [2.05, 4.69) is 53.1 Å². The molecule has 7 atom stereocenters. The number of hydrogen-bond donors (Lipinski definition) is 1. The Labute approximate surface area is 204 Å². The van der Waals surface area contributed by atoms with Crippen LogP contribution in [0.2, 0.25) is 39.3 Å². The summed E-state index contributed by atoms with van der Waals surface area (Å²) < 4.78 is 13.1. The largest absolute Gasteiger partial charge is 0.415 e. The first kappa shape index (κ1) is 25.8. The second kappa shape index (κ2) is 8.40. The van der Waals surface area contributed by atoms with Crippen LogP contribution in [0.1, 0.15) is 65.2 Å². The van der Waals surface area contributed by atoms with Crippen molar-refractivity contribution in [3.8, 4) is 0 Å². The molecule has 3 fully saturated rings. The summed E-state index contributed by atoms with van der Waals surface area (Å²) in [5, 5.41) is 12.5. The molecule has 3 saturated carbocycles. The highest BCUT2D eigenvalue weighted by Crippen LogP contribution is 2.68. The van der Waals surface area contributed by atoms with Gasteiger partial charge in [-0.15, -0.1) is 0 Å². The first-order valence-corrected chi connectivity index (χ1v) is 20.2. The fraction of sp³-hybridized carbons (Fsp3) is 0.889. The van der Waals surface area contributed by atoms with Crippen molar-refractivity contribution in [1.82, 2.24) is 0 Å². The molecule has 0 bridgehead atoms. The average molecular weight is 493 g/mol. The maximum atomic E-state index is 12.5. The highest BCUT2D eigenvalue weighted by atomic mass is 28.4. The van der Waals surface area contributed by atoms with Gasteiger partial charge in [-0.3, -0.25) is 4.79 Å². The summed E-state index contributed by atoms with van der Waals surface area (Å²) in [4.78, 5) is 12.1. The molecule has 0 saturated heterocycles. The minimum absolute atomic E-state index is 0.136. The number of carbonyl (C=O) groups is 1. The summed E-state index contributed by atoms with van der Waals surface area (Å²) in [6, 6.07) is 0. The Morgan fingerprint density at radius 3 is 2.27 bits per heavy atom. The minimum Gasteiger partial charge on any atom is -0.415 e. The zero-order chi connectivity index (χ0) is 24.4. The lowest BCUT2D eigenvalue weighted by molar-refractivity contribution is -0.178. The number of allylic oxidation sites excluding steroid dienone is 1. The van der Waals surface area contributed by atoms with E-state index >= 15 is 0 Å². The van der Waals surface area contributed by atoms with Crippen LogP contribution in [-0.2, 0) is 13.6 Å². The van der Waals surface area contributed by atoms with E-state index in [1.165, 1.54) is 12.0 Å². The van der Waals surface area contributed by atoms with Crippen molar-refractivity contribution in [2.75, 3.05) is 6.61 Å². The minimum atomic E-state index is -1.86. The Bertz CT molecular complexity index is 812. The lowest BCUT2D eigenvalue weighted by atomic mass is 9.46. The van der Waals surface area contributed by atoms with Crippen molar-refractivity contribution in [2.24, 2.45) is 28.6 Å². The van der Waals surface area contributed by atoms with Crippen molar-refractivity contribution in [2.45, 2.75) is 116 Å². The Hall–Kier alpha value is -0.276. The van der Waals surface area contributed by atoms with Crippen LogP contribution in [0.5, 0.6) is 0 Å². The van der Waals surface area contributed by atoms with Crippen LogP contribution in [0.3, 0.4) is 0 Å². The average Bonchev–Trinajstić information content (AvgIpc) is 2.96. The Kier molecular flexibility index (Phi) is 6.57. The number of aliphatic hydroxyl groups is 1. The van der Waals surface area contributed by atoms with E-state index < -0.39 is 22.2 Å². The van der Waals surface area contributed by atoms with Crippen molar-refractivity contribution in [1.29, 1.82) is 0 Å². The molecule has 0 heterocycles. The molecule has 0 spiro atoms. The molecule has 0 radical (unpaired) electrons. The van der Waals surface area contributed by atoms with Gasteiger partial charge in [0.2, 0.25) is 0 Å². The summed E-state index contributed by atoms with van der Waals surface area (Å²) in [5.41, 5.74) is 0.625. The molecule has 4 aliphatic carbocycles. The van der Waals surface area contributed by atoms with Crippen molar-refractivity contribution in [3.63, 3.8) is 0 Å². The fourth-order valence-corrected chi connectivity index (χ4v) is 9.93. The maximum Gasteiger partial charge on any atom is 0.184 e. The molecule has 0 amide bonds. The molecule has 4 rings (SSSR count). The molecular weight excluding hydrogens is 444 g/mol. The summed E-state index contributed by atoms with van der Waals surface area (Å²) in [6.07, 6.45) is 9.78. The van der Waals surface area contributed by atoms with Crippen LogP contribution in [0.4, 0.5) is 0 Å². The maximum absolute atomic E-state index is 12.5. The number of carbonyl (C=O) groups excluding carboxylic acids is 1. The van der Waals surface area contributed by atoms with Gasteiger partial charge in [0, 0.05) is 11.8 Å². The SMILES string of the molecule is C[C@]12CCC(=O)C=C1CCC1C2CC[C@@]2(C)C1CC[C@]2(O)[C@@H](CO[Si](C)(C)C)O[Si](C)(C)C. The van der Waals surface area contributed by atoms with E-state index in [1.807, 2.05) is 6.08 Å². The number of hydrogen-bond acceptors (Lipinski definition) is 4. The topological polar surface area (TPSA) is 55.8 Å². The number of rotatable bonds is 6. The van der Waals surface area contributed by atoms with E-state index in [-0.39, 0.29) is 16.9 Å². The second-order valence-electron chi connectivity index (χ2n) is 14.0. The Morgan fingerprint density at radius 1 is 0.970 bits per heavy atom. The van der Waals surface area contributed by atoms with Gasteiger partial charge in [-0.05, 0) is 113 Å². The Balaban J connectivity index is 1.63. The normalized spacial score (nSPS) is 42.3.